The average molecular weight is 434 g/mol. The molecule has 0 bridgehead atoms. The number of hydrogen-bond acceptors (Lipinski definition) is 3. The van der Waals surface area contributed by atoms with E-state index in [9.17, 15) is 70.0 Å². The first-order valence-corrected chi connectivity index (χ1v) is 6.71. The van der Waals surface area contributed by atoms with Crippen molar-refractivity contribution in [3.05, 3.63) is 0 Å². The summed E-state index contributed by atoms with van der Waals surface area (Å²) in [5.41, 5.74) is 0. The van der Waals surface area contributed by atoms with Crippen molar-refractivity contribution in [2.45, 2.75) is 48.0 Å². The zero-order chi connectivity index (χ0) is 21.1. The Morgan fingerprint density at radius 1 is 0.692 bits per heavy atom. The summed E-state index contributed by atoms with van der Waals surface area (Å²) < 4.78 is 196. The van der Waals surface area contributed by atoms with Crippen molar-refractivity contribution in [1.29, 1.82) is 0 Å². The third kappa shape index (κ3) is 3.39. The maximum Gasteiger partial charge on any atom is 1.00 e. The molecule has 0 saturated heterocycles. The van der Waals surface area contributed by atoms with E-state index < -0.39 is 58.1 Å². The summed E-state index contributed by atoms with van der Waals surface area (Å²) in [6.45, 7) is -0.572. The van der Waals surface area contributed by atoms with Gasteiger partial charge in [-0.2, -0.15) is 52.7 Å². The van der Waals surface area contributed by atoms with Crippen molar-refractivity contribution in [3.8, 4) is 0 Å². The molecule has 0 saturated carbocycles. The standard InChI is InChI=1S/C8H5F13O3S.Li/c1-2(9)3(10,11)4(12,13)5(14,15)6(16,17)7(18,19)8(20,21)25(22,23)24;/h2H,1H3,(H,22,23,24);/q;+1/p-1. The molecule has 0 heterocycles. The van der Waals surface area contributed by atoms with Crippen LogP contribution >= 0.6 is 0 Å². The van der Waals surface area contributed by atoms with Crippen LogP contribution < -0.4 is 18.9 Å². The summed E-state index contributed by atoms with van der Waals surface area (Å²) in [6.07, 6.45) is -4.36. The normalized spacial score (nSPS) is 16.9. The topological polar surface area (TPSA) is 57.2 Å². The first kappa shape index (κ1) is 27.8. The van der Waals surface area contributed by atoms with Crippen LogP contribution in [-0.4, -0.2) is 54.0 Å². The molecule has 0 rings (SSSR count). The van der Waals surface area contributed by atoms with Gasteiger partial charge in [-0.15, -0.1) is 0 Å². The molecule has 0 aliphatic rings. The summed E-state index contributed by atoms with van der Waals surface area (Å²) in [5.74, 6) is -38.9. The fourth-order valence-corrected chi connectivity index (χ4v) is 1.64. The number of alkyl halides is 13. The second-order valence-electron chi connectivity index (χ2n) is 4.51. The van der Waals surface area contributed by atoms with Crippen LogP contribution in [0, 0.1) is 0 Å². The van der Waals surface area contributed by atoms with E-state index in [2.05, 4.69) is 0 Å². The maximum absolute atomic E-state index is 13.0. The average Bonchev–Trinajstić information content (AvgIpc) is 2.35. The molecule has 0 radical (unpaired) electrons. The molecule has 0 aromatic heterocycles. The third-order valence-electron chi connectivity index (χ3n) is 2.78. The maximum atomic E-state index is 13.0. The Morgan fingerprint density at radius 3 is 1.19 bits per heavy atom. The molecule has 1 unspecified atom stereocenters. The molecule has 0 amide bonds. The molecule has 0 aromatic rings. The summed E-state index contributed by atoms with van der Waals surface area (Å²) >= 11 is 0. The van der Waals surface area contributed by atoms with Gasteiger partial charge in [-0.1, -0.05) is 0 Å². The van der Waals surface area contributed by atoms with E-state index >= 15 is 0 Å². The molecule has 26 heavy (non-hydrogen) atoms. The van der Waals surface area contributed by atoms with Crippen LogP contribution in [0.15, 0.2) is 0 Å². The molecular formula is C8H4F13LiO3S. The second kappa shape index (κ2) is 6.89. The Hall–Kier alpha value is -0.403. The Bertz CT molecular complexity index is 615. The van der Waals surface area contributed by atoms with Crippen LogP contribution in [-0.2, 0) is 10.1 Å². The van der Waals surface area contributed by atoms with Crippen molar-refractivity contribution in [1.82, 2.24) is 0 Å². The molecule has 0 aromatic carbocycles. The van der Waals surface area contributed by atoms with Gasteiger partial charge in [0.1, 0.15) is 0 Å². The fraction of sp³-hybridized carbons (Fsp3) is 1.00. The minimum absolute atomic E-state index is 0. The third-order valence-corrected chi connectivity index (χ3v) is 3.67. The Kier molecular flexibility index (Phi) is 7.37. The summed E-state index contributed by atoms with van der Waals surface area (Å²) in [6, 6.07) is 0. The molecular weight excluding hydrogens is 430 g/mol. The summed E-state index contributed by atoms with van der Waals surface area (Å²) in [7, 11) is -7.85. The Labute approximate surface area is 147 Å². The van der Waals surface area contributed by atoms with E-state index in [1.807, 2.05) is 0 Å². The fourth-order valence-electron chi connectivity index (χ4n) is 1.19. The van der Waals surface area contributed by atoms with Crippen molar-refractivity contribution in [3.63, 3.8) is 0 Å². The first-order valence-electron chi connectivity index (χ1n) is 5.31. The Balaban J connectivity index is 0. The van der Waals surface area contributed by atoms with Crippen LogP contribution in [0.3, 0.4) is 0 Å². The zero-order valence-electron chi connectivity index (χ0n) is 12.1. The number of rotatable bonds is 7. The number of hydrogen-bond donors (Lipinski definition) is 0. The van der Waals surface area contributed by atoms with Crippen molar-refractivity contribution in [2.75, 3.05) is 0 Å². The molecule has 1 atom stereocenters. The molecule has 0 N–H and O–H groups in total. The van der Waals surface area contributed by atoms with Gasteiger partial charge in [-0.05, 0) is 6.92 Å². The van der Waals surface area contributed by atoms with Gasteiger partial charge in [-0.3, -0.25) is 0 Å². The molecule has 0 aliphatic carbocycles. The molecule has 0 fully saturated rings. The van der Waals surface area contributed by atoms with Crippen LogP contribution in [0.4, 0.5) is 57.1 Å². The van der Waals surface area contributed by atoms with E-state index in [1.54, 1.807) is 0 Å². The van der Waals surface area contributed by atoms with E-state index in [1.165, 1.54) is 0 Å². The zero-order valence-corrected chi connectivity index (χ0v) is 12.9. The van der Waals surface area contributed by atoms with Crippen LogP contribution in [0.1, 0.15) is 6.92 Å². The smallest absolute Gasteiger partial charge is 0.743 e. The van der Waals surface area contributed by atoms with Gasteiger partial charge >= 0.3 is 53.7 Å². The van der Waals surface area contributed by atoms with E-state index in [0.29, 0.717) is 0 Å². The second-order valence-corrected chi connectivity index (χ2v) is 5.93. The SMILES string of the molecule is CC(F)C(F)(F)C(F)(F)C(F)(F)C(F)(F)C(F)(F)C(F)(F)S(=O)(=O)[O-].[Li+]. The minimum atomic E-state index is -8.23. The minimum Gasteiger partial charge on any atom is -0.743 e. The van der Waals surface area contributed by atoms with E-state index in [-0.39, 0.29) is 18.9 Å². The van der Waals surface area contributed by atoms with E-state index in [0.717, 1.165) is 0 Å². The summed E-state index contributed by atoms with van der Waals surface area (Å²) in [4.78, 5) is 0. The van der Waals surface area contributed by atoms with Crippen molar-refractivity contribution in [2.24, 2.45) is 0 Å². The van der Waals surface area contributed by atoms with Gasteiger partial charge in [0, 0.05) is 0 Å². The molecule has 152 valence electrons. The van der Waals surface area contributed by atoms with Gasteiger partial charge in [0.05, 0.1) is 0 Å². The number of halogens is 13. The molecule has 0 spiro atoms. The monoisotopic (exact) mass is 434 g/mol. The summed E-state index contributed by atoms with van der Waals surface area (Å²) in [5, 5.41) is -7.61. The van der Waals surface area contributed by atoms with Crippen molar-refractivity contribution >= 4 is 10.1 Å². The van der Waals surface area contributed by atoms with E-state index in [4.69, 9.17) is 0 Å². The van der Waals surface area contributed by atoms with Gasteiger partial charge in [-0.25, -0.2) is 12.8 Å². The van der Waals surface area contributed by atoms with Gasteiger partial charge in [0.15, 0.2) is 16.3 Å². The van der Waals surface area contributed by atoms with Crippen LogP contribution in [0.5, 0.6) is 0 Å². The van der Waals surface area contributed by atoms with Gasteiger partial charge < -0.3 is 4.55 Å². The van der Waals surface area contributed by atoms with Crippen molar-refractivity contribution < 1.29 is 88.9 Å². The first-order chi connectivity index (χ1) is 10.4. The molecule has 3 nitrogen and oxygen atoms in total. The van der Waals surface area contributed by atoms with Crippen LogP contribution in [0.2, 0.25) is 0 Å². The van der Waals surface area contributed by atoms with Gasteiger partial charge in [0.2, 0.25) is 0 Å². The van der Waals surface area contributed by atoms with Crippen LogP contribution in [0.25, 0.3) is 0 Å². The predicted molar refractivity (Wildman–Crippen MR) is 49.9 cm³/mol. The molecule has 0 aliphatic heterocycles. The molecule has 18 heteroatoms. The van der Waals surface area contributed by atoms with Gasteiger partial charge in [0.25, 0.3) is 0 Å². The predicted octanol–water partition coefficient (Wildman–Crippen LogP) is 0.663. The largest absolute Gasteiger partial charge is 1.00 e. The Morgan fingerprint density at radius 2 is 0.962 bits per heavy atom. The quantitative estimate of drug-likeness (QED) is 0.336.